The van der Waals surface area contributed by atoms with Crippen LogP contribution < -0.4 is 14.8 Å². The molecule has 9 nitrogen and oxygen atoms in total. The highest BCUT2D eigenvalue weighted by Gasteiger charge is 2.44. The first-order chi connectivity index (χ1) is 12.3. The molecule has 2 saturated heterocycles. The fourth-order valence-corrected chi connectivity index (χ4v) is 5.28. The second-order valence-electron chi connectivity index (χ2n) is 6.25. The number of methoxy groups -OCH3 is 1. The summed E-state index contributed by atoms with van der Waals surface area (Å²) in [5, 5.41) is 12.1. The zero-order valence-corrected chi connectivity index (χ0v) is 15.0. The van der Waals surface area contributed by atoms with Gasteiger partial charge in [0.05, 0.1) is 30.2 Å². The monoisotopic (exact) mass is 384 g/mol. The zero-order chi connectivity index (χ0) is 18.9. The Kier molecular flexibility index (Phi) is 5.05. The average Bonchev–Trinajstić information content (AvgIpc) is 2.92. The van der Waals surface area contributed by atoms with Crippen molar-refractivity contribution in [1.29, 1.82) is 0 Å². The van der Waals surface area contributed by atoms with Crippen molar-refractivity contribution in [3.63, 3.8) is 0 Å². The molecule has 0 spiro atoms. The quantitative estimate of drug-likeness (QED) is 0.688. The number of sulfone groups is 1. The van der Waals surface area contributed by atoms with Crippen LogP contribution >= 0.6 is 0 Å². The summed E-state index contributed by atoms with van der Waals surface area (Å²) >= 11 is 0. The van der Waals surface area contributed by atoms with E-state index in [-0.39, 0.29) is 53.2 Å². The molecular weight excluding hydrogens is 364 g/mol. The van der Waals surface area contributed by atoms with E-state index in [1.165, 1.54) is 25.3 Å². The summed E-state index contributed by atoms with van der Waals surface area (Å²) in [7, 11) is -1.78. The summed E-state index contributed by atoms with van der Waals surface area (Å²) < 4.78 is 34.3. The lowest BCUT2D eigenvalue weighted by Crippen LogP contribution is -2.59. The topological polar surface area (TPSA) is 122 Å². The van der Waals surface area contributed by atoms with E-state index in [0.717, 1.165) is 0 Å². The Labute approximate surface area is 150 Å². The van der Waals surface area contributed by atoms with Gasteiger partial charge in [-0.1, -0.05) is 0 Å². The molecule has 142 valence electrons. The summed E-state index contributed by atoms with van der Waals surface area (Å²) in [6, 6.07) is 3.46. The van der Waals surface area contributed by atoms with Crippen LogP contribution in [-0.2, 0) is 14.6 Å². The van der Waals surface area contributed by atoms with Gasteiger partial charge in [0.1, 0.15) is 0 Å². The van der Waals surface area contributed by atoms with Gasteiger partial charge in [-0.2, -0.15) is 0 Å². The number of benzene rings is 1. The molecule has 0 radical (unpaired) electrons. The van der Waals surface area contributed by atoms with Crippen molar-refractivity contribution in [2.75, 3.05) is 38.3 Å². The van der Waals surface area contributed by atoms with Crippen LogP contribution in [0.2, 0.25) is 0 Å². The van der Waals surface area contributed by atoms with Gasteiger partial charge in [-0.25, -0.2) is 13.2 Å². The molecule has 2 aliphatic heterocycles. The average molecular weight is 384 g/mol. The minimum atomic E-state index is -3.16. The third-order valence-corrected chi connectivity index (χ3v) is 6.28. The fraction of sp³-hybridized carbons (Fsp3) is 0.500. The first-order valence-corrected chi connectivity index (χ1v) is 9.90. The number of ether oxygens (including phenoxy) is 2. The van der Waals surface area contributed by atoms with Crippen LogP contribution in [0, 0.1) is 0 Å². The number of nitrogens with one attached hydrogen (secondary N) is 1. The van der Waals surface area contributed by atoms with E-state index < -0.39 is 15.8 Å². The summed E-state index contributed by atoms with van der Waals surface area (Å²) in [5.74, 6) is -0.973. The van der Waals surface area contributed by atoms with Crippen LogP contribution in [0.25, 0.3) is 0 Å². The van der Waals surface area contributed by atoms with Crippen molar-refractivity contribution < 1.29 is 32.6 Å². The molecule has 1 aromatic carbocycles. The maximum absolute atomic E-state index is 12.5. The van der Waals surface area contributed by atoms with Crippen LogP contribution in [0.1, 0.15) is 10.4 Å². The van der Waals surface area contributed by atoms with Gasteiger partial charge in [-0.05, 0) is 18.2 Å². The number of piperazine rings is 1. The molecule has 0 bridgehead atoms. The van der Waals surface area contributed by atoms with Crippen molar-refractivity contribution >= 4 is 21.7 Å². The van der Waals surface area contributed by atoms with Crippen LogP contribution in [0.3, 0.4) is 0 Å². The lowest BCUT2D eigenvalue weighted by Gasteiger charge is -2.37. The fourth-order valence-electron chi connectivity index (χ4n) is 3.32. The summed E-state index contributed by atoms with van der Waals surface area (Å²) in [6.07, 6.45) is 0. The Balaban J connectivity index is 1.68. The van der Waals surface area contributed by atoms with E-state index in [1.807, 2.05) is 0 Å². The molecule has 2 atom stereocenters. The van der Waals surface area contributed by atoms with Crippen LogP contribution in [0.5, 0.6) is 11.5 Å². The number of carboxylic acid groups (broad SMARTS) is 1. The number of rotatable bonds is 5. The first kappa shape index (κ1) is 18.5. The van der Waals surface area contributed by atoms with E-state index in [9.17, 15) is 18.0 Å². The number of carboxylic acids is 1. The number of fused-ring (bicyclic) bond motifs is 1. The van der Waals surface area contributed by atoms with Crippen LogP contribution in [0.15, 0.2) is 18.2 Å². The minimum absolute atomic E-state index is 0.0345. The maximum Gasteiger partial charge on any atom is 0.335 e. The summed E-state index contributed by atoms with van der Waals surface area (Å²) in [4.78, 5) is 25.1. The molecule has 3 rings (SSSR count). The van der Waals surface area contributed by atoms with E-state index >= 15 is 0 Å². The molecular formula is C16H20N2O7S. The first-order valence-electron chi connectivity index (χ1n) is 8.08. The van der Waals surface area contributed by atoms with Crippen molar-refractivity contribution in [1.82, 2.24) is 10.2 Å². The molecule has 2 heterocycles. The molecule has 1 aromatic rings. The molecule has 0 aliphatic carbocycles. The third-order valence-electron chi connectivity index (χ3n) is 4.56. The second-order valence-corrected chi connectivity index (χ2v) is 8.41. The van der Waals surface area contributed by atoms with Gasteiger partial charge < -0.3 is 24.8 Å². The van der Waals surface area contributed by atoms with Gasteiger partial charge in [0.15, 0.2) is 27.9 Å². The predicted octanol–water partition coefficient (Wildman–Crippen LogP) is -0.630. The normalized spacial score (nSPS) is 24.0. The molecule has 2 fully saturated rings. The maximum atomic E-state index is 12.5. The number of carbonyl (C=O) groups excluding carboxylic acids is 1. The summed E-state index contributed by atoms with van der Waals surface area (Å²) in [6.45, 7) is 0.652. The SMILES string of the molecule is COc1cc(C(=O)O)ccc1OCC(=O)N1CCN[C@@H]2CS(=O)(=O)C[C@@H]21. The van der Waals surface area contributed by atoms with E-state index in [2.05, 4.69) is 5.32 Å². The van der Waals surface area contributed by atoms with E-state index in [4.69, 9.17) is 14.6 Å². The van der Waals surface area contributed by atoms with Gasteiger partial charge >= 0.3 is 5.97 Å². The van der Waals surface area contributed by atoms with Gasteiger partial charge in [0, 0.05) is 19.1 Å². The number of nitrogens with zero attached hydrogens (tertiary/aromatic N) is 1. The highest BCUT2D eigenvalue weighted by Crippen LogP contribution is 2.28. The predicted molar refractivity (Wildman–Crippen MR) is 91.4 cm³/mol. The van der Waals surface area contributed by atoms with Gasteiger partial charge in [0.2, 0.25) is 0 Å². The molecule has 26 heavy (non-hydrogen) atoms. The highest BCUT2D eigenvalue weighted by molar-refractivity contribution is 7.91. The zero-order valence-electron chi connectivity index (χ0n) is 14.2. The van der Waals surface area contributed by atoms with Crippen molar-refractivity contribution in [3.8, 4) is 11.5 Å². The largest absolute Gasteiger partial charge is 0.493 e. The molecule has 0 saturated carbocycles. The van der Waals surface area contributed by atoms with E-state index in [0.29, 0.717) is 13.1 Å². The van der Waals surface area contributed by atoms with Crippen molar-refractivity contribution in [2.45, 2.75) is 12.1 Å². The molecule has 2 N–H and O–H groups in total. The second kappa shape index (κ2) is 7.12. The lowest BCUT2D eigenvalue weighted by atomic mass is 10.1. The van der Waals surface area contributed by atoms with Crippen molar-refractivity contribution in [2.24, 2.45) is 0 Å². The Morgan fingerprint density at radius 3 is 2.77 bits per heavy atom. The minimum Gasteiger partial charge on any atom is -0.493 e. The molecule has 0 unspecified atom stereocenters. The van der Waals surface area contributed by atoms with Crippen molar-refractivity contribution in [3.05, 3.63) is 23.8 Å². The van der Waals surface area contributed by atoms with Gasteiger partial charge in [-0.15, -0.1) is 0 Å². The molecule has 0 aromatic heterocycles. The molecule has 10 heteroatoms. The molecule has 1 amide bonds. The Morgan fingerprint density at radius 1 is 1.31 bits per heavy atom. The number of aromatic carboxylic acids is 1. The number of hydrogen-bond donors (Lipinski definition) is 2. The smallest absolute Gasteiger partial charge is 0.335 e. The Bertz CT molecular complexity index is 824. The van der Waals surface area contributed by atoms with E-state index in [1.54, 1.807) is 4.90 Å². The standard InChI is InChI=1S/C16H20N2O7S/c1-24-14-6-10(16(20)21)2-3-13(14)25-7-15(19)18-5-4-17-11-8-26(22,23)9-12(11)18/h2-3,6,11-12,17H,4-5,7-9H2,1H3,(H,20,21)/t11-,12+/m1/s1. The van der Waals surface area contributed by atoms with Crippen LogP contribution in [0.4, 0.5) is 0 Å². The Hall–Kier alpha value is -2.33. The van der Waals surface area contributed by atoms with Gasteiger partial charge in [-0.3, -0.25) is 4.79 Å². The number of carbonyl (C=O) groups is 2. The molecule has 2 aliphatic rings. The third kappa shape index (κ3) is 3.75. The lowest BCUT2D eigenvalue weighted by molar-refractivity contribution is -0.136. The number of hydrogen-bond acceptors (Lipinski definition) is 7. The van der Waals surface area contributed by atoms with Crippen LogP contribution in [-0.4, -0.2) is 80.7 Å². The number of amides is 1. The summed E-state index contributed by atoms with van der Waals surface area (Å²) in [5.41, 5.74) is 0.0432. The highest BCUT2D eigenvalue weighted by atomic mass is 32.2. The Morgan fingerprint density at radius 2 is 2.08 bits per heavy atom. The van der Waals surface area contributed by atoms with Gasteiger partial charge in [0.25, 0.3) is 5.91 Å².